The first-order valence-electron chi connectivity index (χ1n) is 10.8. The Morgan fingerprint density at radius 2 is 1.70 bits per heavy atom. The Morgan fingerprint density at radius 1 is 1.00 bits per heavy atom. The molecule has 0 atom stereocenters. The van der Waals surface area contributed by atoms with Gasteiger partial charge in [0.2, 0.25) is 5.91 Å². The molecule has 2 aromatic rings. The average Bonchev–Trinajstić information content (AvgIpc) is 2.80. The molecule has 1 amide bonds. The van der Waals surface area contributed by atoms with Crippen molar-refractivity contribution in [3.63, 3.8) is 0 Å². The second-order valence-corrected chi connectivity index (χ2v) is 8.13. The largest absolute Gasteiger partial charge is 0.378 e. The lowest BCUT2D eigenvalue weighted by atomic mass is 9.95. The molecule has 0 spiro atoms. The lowest BCUT2D eigenvalue weighted by molar-refractivity contribution is -0.126. The van der Waals surface area contributed by atoms with Crippen LogP contribution in [0.4, 0.5) is 10.1 Å². The Morgan fingerprint density at radius 3 is 2.40 bits per heavy atom. The van der Waals surface area contributed by atoms with Gasteiger partial charge in [-0.3, -0.25) is 9.69 Å². The molecule has 6 heteroatoms. The first-order chi connectivity index (χ1) is 14.7. The van der Waals surface area contributed by atoms with Gasteiger partial charge in [-0.25, -0.2) is 4.39 Å². The monoisotopic (exact) mass is 411 g/mol. The van der Waals surface area contributed by atoms with Crippen LogP contribution >= 0.6 is 0 Å². The van der Waals surface area contributed by atoms with Crippen LogP contribution in [0, 0.1) is 11.7 Å². The third kappa shape index (κ3) is 5.37. The lowest BCUT2D eigenvalue weighted by Gasteiger charge is -2.31. The molecule has 0 radical (unpaired) electrons. The Kier molecular flexibility index (Phi) is 6.97. The van der Waals surface area contributed by atoms with E-state index in [-0.39, 0.29) is 17.6 Å². The molecule has 5 nitrogen and oxygen atoms in total. The number of hydrogen-bond acceptors (Lipinski definition) is 4. The number of rotatable bonds is 6. The summed E-state index contributed by atoms with van der Waals surface area (Å²) < 4.78 is 19.2. The van der Waals surface area contributed by atoms with Gasteiger partial charge in [0.15, 0.2) is 0 Å². The van der Waals surface area contributed by atoms with E-state index in [4.69, 9.17) is 4.74 Å². The molecule has 2 aliphatic rings. The van der Waals surface area contributed by atoms with E-state index in [1.54, 1.807) is 6.07 Å². The average molecular weight is 412 g/mol. The third-order valence-electron chi connectivity index (χ3n) is 6.09. The number of piperidine rings is 1. The number of nitrogens with one attached hydrogen (secondary N) is 1. The zero-order chi connectivity index (χ0) is 20.8. The molecule has 0 aromatic heterocycles. The highest BCUT2D eigenvalue weighted by molar-refractivity contribution is 5.78. The second-order valence-electron chi connectivity index (χ2n) is 8.13. The first-order valence-corrected chi connectivity index (χ1v) is 10.8. The normalized spacial score (nSPS) is 18.4. The number of nitrogens with zero attached hydrogens (tertiary/aromatic N) is 2. The Bertz CT molecular complexity index is 829. The summed E-state index contributed by atoms with van der Waals surface area (Å²) in [5, 5.41) is 3.09. The maximum Gasteiger partial charge on any atom is 0.223 e. The van der Waals surface area contributed by atoms with Gasteiger partial charge in [-0.15, -0.1) is 0 Å². The number of halogens is 1. The molecule has 160 valence electrons. The second kappa shape index (κ2) is 10.0. The van der Waals surface area contributed by atoms with E-state index in [9.17, 15) is 9.18 Å². The molecule has 0 unspecified atom stereocenters. The van der Waals surface area contributed by atoms with Gasteiger partial charge >= 0.3 is 0 Å². The highest BCUT2D eigenvalue weighted by Crippen LogP contribution is 2.21. The first kappa shape index (κ1) is 20.8. The SMILES string of the molecule is O=C(NCc1ccc(N2CCOCC2)cc1)C1CCN(Cc2ccccc2F)CC1. The van der Waals surface area contributed by atoms with Gasteiger partial charge in [0.25, 0.3) is 0 Å². The summed E-state index contributed by atoms with van der Waals surface area (Å²) in [6.07, 6.45) is 1.63. The van der Waals surface area contributed by atoms with Crippen LogP contribution in [0.5, 0.6) is 0 Å². The van der Waals surface area contributed by atoms with Crippen LogP contribution in [-0.2, 0) is 22.6 Å². The van der Waals surface area contributed by atoms with E-state index < -0.39 is 0 Å². The quantitative estimate of drug-likeness (QED) is 0.793. The van der Waals surface area contributed by atoms with Crippen molar-refractivity contribution in [3.05, 3.63) is 65.5 Å². The van der Waals surface area contributed by atoms with Crippen molar-refractivity contribution in [1.82, 2.24) is 10.2 Å². The summed E-state index contributed by atoms with van der Waals surface area (Å²) in [5.41, 5.74) is 3.04. The molecule has 1 N–H and O–H groups in total. The fourth-order valence-electron chi connectivity index (χ4n) is 4.20. The van der Waals surface area contributed by atoms with Gasteiger partial charge in [0.1, 0.15) is 5.82 Å². The van der Waals surface area contributed by atoms with Crippen LogP contribution in [0.2, 0.25) is 0 Å². The summed E-state index contributed by atoms with van der Waals surface area (Å²) in [7, 11) is 0. The van der Waals surface area contributed by atoms with Gasteiger partial charge in [-0.2, -0.15) is 0 Å². The molecule has 4 rings (SSSR count). The van der Waals surface area contributed by atoms with Crippen LogP contribution in [0.1, 0.15) is 24.0 Å². The molecule has 0 bridgehead atoms. The van der Waals surface area contributed by atoms with Gasteiger partial charge in [-0.05, 0) is 49.7 Å². The standard InChI is InChI=1S/C24H30FN3O2/c25-23-4-2-1-3-21(23)18-27-11-9-20(10-12-27)24(29)26-17-19-5-7-22(8-6-19)28-13-15-30-16-14-28/h1-8,20H,9-18H2,(H,26,29). The Labute approximate surface area is 177 Å². The number of carbonyl (C=O) groups excluding carboxylic acids is 1. The number of ether oxygens (including phenoxy) is 1. The van der Waals surface area contributed by atoms with Crippen molar-refractivity contribution < 1.29 is 13.9 Å². The number of hydrogen-bond donors (Lipinski definition) is 1. The molecular formula is C24H30FN3O2. The number of benzene rings is 2. The van der Waals surface area contributed by atoms with E-state index in [2.05, 4.69) is 39.4 Å². The van der Waals surface area contributed by atoms with Gasteiger partial charge in [0, 0.05) is 43.3 Å². The number of anilines is 1. The number of likely N-dealkylation sites (tertiary alicyclic amines) is 1. The molecule has 2 aromatic carbocycles. The molecular weight excluding hydrogens is 381 g/mol. The van der Waals surface area contributed by atoms with Crippen LogP contribution in [0.3, 0.4) is 0 Å². The van der Waals surface area contributed by atoms with Crippen molar-refractivity contribution in [2.24, 2.45) is 5.92 Å². The van der Waals surface area contributed by atoms with E-state index in [0.29, 0.717) is 13.1 Å². The predicted molar refractivity (Wildman–Crippen MR) is 116 cm³/mol. The summed E-state index contributed by atoms with van der Waals surface area (Å²) in [6, 6.07) is 15.3. The van der Waals surface area contributed by atoms with Crippen molar-refractivity contribution in [2.45, 2.75) is 25.9 Å². The lowest BCUT2D eigenvalue weighted by Crippen LogP contribution is -2.40. The molecule has 0 saturated carbocycles. The van der Waals surface area contributed by atoms with E-state index in [0.717, 1.165) is 63.4 Å². The van der Waals surface area contributed by atoms with Crippen molar-refractivity contribution in [3.8, 4) is 0 Å². The van der Waals surface area contributed by atoms with Crippen molar-refractivity contribution in [1.29, 1.82) is 0 Å². The number of morpholine rings is 1. The predicted octanol–water partition coefficient (Wildman–Crippen LogP) is 3.19. The number of carbonyl (C=O) groups is 1. The molecule has 0 aliphatic carbocycles. The minimum Gasteiger partial charge on any atom is -0.378 e. The zero-order valence-electron chi connectivity index (χ0n) is 17.4. The highest BCUT2D eigenvalue weighted by Gasteiger charge is 2.25. The minimum absolute atomic E-state index is 0.0366. The molecule has 30 heavy (non-hydrogen) atoms. The fraction of sp³-hybridized carbons (Fsp3) is 0.458. The maximum atomic E-state index is 13.8. The smallest absolute Gasteiger partial charge is 0.223 e. The molecule has 2 fully saturated rings. The fourth-order valence-corrected chi connectivity index (χ4v) is 4.20. The summed E-state index contributed by atoms with van der Waals surface area (Å²) in [4.78, 5) is 17.1. The summed E-state index contributed by atoms with van der Waals surface area (Å²) >= 11 is 0. The van der Waals surface area contributed by atoms with Crippen LogP contribution < -0.4 is 10.2 Å². The van der Waals surface area contributed by atoms with Crippen LogP contribution in [0.25, 0.3) is 0 Å². The summed E-state index contributed by atoms with van der Waals surface area (Å²) in [6.45, 7) is 6.20. The van der Waals surface area contributed by atoms with E-state index >= 15 is 0 Å². The molecule has 2 heterocycles. The third-order valence-corrected chi connectivity index (χ3v) is 6.09. The van der Waals surface area contributed by atoms with Crippen molar-refractivity contribution in [2.75, 3.05) is 44.3 Å². The van der Waals surface area contributed by atoms with Gasteiger partial charge in [0.05, 0.1) is 13.2 Å². The van der Waals surface area contributed by atoms with Gasteiger partial charge in [-0.1, -0.05) is 30.3 Å². The molecule has 2 saturated heterocycles. The molecule has 2 aliphatic heterocycles. The minimum atomic E-state index is -0.156. The topological polar surface area (TPSA) is 44.8 Å². The zero-order valence-corrected chi connectivity index (χ0v) is 17.4. The Hall–Kier alpha value is -2.44. The van der Waals surface area contributed by atoms with E-state index in [1.165, 1.54) is 11.8 Å². The van der Waals surface area contributed by atoms with E-state index in [1.807, 2.05) is 12.1 Å². The highest BCUT2D eigenvalue weighted by atomic mass is 19.1. The van der Waals surface area contributed by atoms with Crippen molar-refractivity contribution >= 4 is 11.6 Å². The summed E-state index contributed by atoms with van der Waals surface area (Å²) in [5.74, 6) is 0.00398. The maximum absolute atomic E-state index is 13.8. The van der Waals surface area contributed by atoms with Crippen LogP contribution in [-0.4, -0.2) is 50.2 Å². The van der Waals surface area contributed by atoms with Crippen LogP contribution in [0.15, 0.2) is 48.5 Å². The Balaban J connectivity index is 1.21. The van der Waals surface area contributed by atoms with Gasteiger partial charge < -0.3 is 15.0 Å². The number of amides is 1.